The molecule has 100 valence electrons. The van der Waals surface area contributed by atoms with Crippen molar-refractivity contribution in [1.29, 1.82) is 0 Å². The van der Waals surface area contributed by atoms with E-state index in [0.29, 0.717) is 11.3 Å². The van der Waals surface area contributed by atoms with Crippen LogP contribution in [0.4, 0.5) is 0 Å². The number of aryl methyl sites for hydroxylation is 1. The van der Waals surface area contributed by atoms with E-state index in [9.17, 15) is 4.79 Å². The summed E-state index contributed by atoms with van der Waals surface area (Å²) in [6.45, 7) is 2.47. The van der Waals surface area contributed by atoms with Crippen molar-refractivity contribution in [2.75, 3.05) is 6.54 Å². The molecule has 0 aliphatic carbocycles. The molecule has 0 saturated heterocycles. The normalized spacial score (nSPS) is 15.4. The lowest BCUT2D eigenvalue weighted by molar-refractivity contribution is 0.236. The Balaban J connectivity index is 1.85. The van der Waals surface area contributed by atoms with Gasteiger partial charge < -0.3 is 9.55 Å². The zero-order chi connectivity index (χ0) is 13.4. The van der Waals surface area contributed by atoms with E-state index in [4.69, 9.17) is 12.2 Å². The Kier molecular flexibility index (Phi) is 3.12. The highest BCUT2D eigenvalue weighted by molar-refractivity contribution is 7.71. The molecule has 0 radical (unpaired) electrons. The van der Waals surface area contributed by atoms with Crippen LogP contribution in [-0.4, -0.2) is 26.0 Å². The Morgan fingerprint density at radius 1 is 1.42 bits per heavy atom. The summed E-state index contributed by atoms with van der Waals surface area (Å²) in [5, 5.41) is 0. The van der Waals surface area contributed by atoms with Crippen LogP contribution in [0.2, 0.25) is 0 Å². The molecule has 0 fully saturated rings. The van der Waals surface area contributed by atoms with Crippen LogP contribution in [-0.2, 0) is 26.6 Å². The number of aromatic nitrogens is 3. The van der Waals surface area contributed by atoms with Gasteiger partial charge >= 0.3 is 0 Å². The van der Waals surface area contributed by atoms with E-state index in [2.05, 4.69) is 25.5 Å². The first kappa shape index (κ1) is 12.4. The number of hydrogen-bond donors (Lipinski definition) is 2. The number of aromatic amines is 2. The summed E-state index contributed by atoms with van der Waals surface area (Å²) in [4.78, 5) is 20.0. The Labute approximate surface area is 115 Å². The SMILES string of the molecule is Cn1cccc1CN1CCc2[nH]c(=S)[nH]c(=O)c2C1. The highest BCUT2D eigenvalue weighted by atomic mass is 32.1. The minimum Gasteiger partial charge on any atom is -0.353 e. The first-order valence-electron chi connectivity index (χ1n) is 6.30. The van der Waals surface area contributed by atoms with Crippen LogP contribution in [0.15, 0.2) is 23.1 Å². The first-order chi connectivity index (χ1) is 9.13. The van der Waals surface area contributed by atoms with Crippen LogP contribution >= 0.6 is 12.2 Å². The van der Waals surface area contributed by atoms with E-state index in [-0.39, 0.29) is 5.56 Å². The molecule has 0 saturated carbocycles. The lowest BCUT2D eigenvalue weighted by Gasteiger charge is -2.27. The lowest BCUT2D eigenvalue weighted by atomic mass is 10.1. The molecule has 0 amide bonds. The molecule has 0 bridgehead atoms. The van der Waals surface area contributed by atoms with Gasteiger partial charge in [0.15, 0.2) is 4.77 Å². The van der Waals surface area contributed by atoms with Gasteiger partial charge in [0.1, 0.15) is 0 Å². The second kappa shape index (κ2) is 4.79. The quantitative estimate of drug-likeness (QED) is 0.814. The van der Waals surface area contributed by atoms with Crippen LogP contribution in [0.5, 0.6) is 0 Å². The fourth-order valence-electron chi connectivity index (χ4n) is 2.54. The van der Waals surface area contributed by atoms with Crippen molar-refractivity contribution < 1.29 is 0 Å². The predicted octanol–water partition coefficient (Wildman–Crippen LogP) is 1.33. The van der Waals surface area contributed by atoms with E-state index in [1.54, 1.807) is 0 Å². The molecule has 3 rings (SSSR count). The molecule has 0 spiro atoms. The smallest absolute Gasteiger partial charge is 0.256 e. The number of nitrogens with zero attached hydrogens (tertiary/aromatic N) is 2. The molecule has 2 aromatic rings. The van der Waals surface area contributed by atoms with Gasteiger partial charge in [-0.15, -0.1) is 0 Å². The van der Waals surface area contributed by atoms with E-state index in [1.165, 1.54) is 5.69 Å². The topological polar surface area (TPSA) is 56.8 Å². The number of rotatable bonds is 2. The Morgan fingerprint density at radius 3 is 3.00 bits per heavy atom. The molecule has 0 unspecified atom stereocenters. The second-order valence-electron chi connectivity index (χ2n) is 4.94. The van der Waals surface area contributed by atoms with E-state index in [0.717, 1.165) is 30.8 Å². The van der Waals surface area contributed by atoms with Gasteiger partial charge in [-0.05, 0) is 24.4 Å². The molecule has 2 aromatic heterocycles. The maximum absolute atomic E-state index is 11.9. The van der Waals surface area contributed by atoms with Gasteiger partial charge in [0.2, 0.25) is 0 Å². The van der Waals surface area contributed by atoms with Crippen molar-refractivity contribution in [3.8, 4) is 0 Å². The number of fused-ring (bicyclic) bond motifs is 1. The summed E-state index contributed by atoms with van der Waals surface area (Å²) in [7, 11) is 2.04. The molecular formula is C13H16N4OS. The summed E-state index contributed by atoms with van der Waals surface area (Å²) in [5.41, 5.74) is 2.99. The van der Waals surface area contributed by atoms with Gasteiger partial charge in [-0.25, -0.2) is 0 Å². The molecule has 2 N–H and O–H groups in total. The van der Waals surface area contributed by atoms with Gasteiger partial charge in [-0.3, -0.25) is 14.7 Å². The largest absolute Gasteiger partial charge is 0.353 e. The third-order valence-electron chi connectivity index (χ3n) is 3.63. The van der Waals surface area contributed by atoms with Crippen LogP contribution in [0.3, 0.4) is 0 Å². The molecular weight excluding hydrogens is 260 g/mol. The average molecular weight is 276 g/mol. The van der Waals surface area contributed by atoms with Gasteiger partial charge in [-0.1, -0.05) is 0 Å². The van der Waals surface area contributed by atoms with Crippen LogP contribution in [0, 0.1) is 4.77 Å². The standard InChI is InChI=1S/C13H16N4OS/c1-16-5-2-3-9(16)7-17-6-4-11-10(8-17)12(18)15-13(19)14-11/h2-3,5H,4,6-8H2,1H3,(H2,14,15,18,19). The van der Waals surface area contributed by atoms with Gasteiger partial charge in [0, 0.05) is 50.7 Å². The first-order valence-corrected chi connectivity index (χ1v) is 6.71. The Hall–Kier alpha value is -1.66. The minimum atomic E-state index is -0.0599. The third-order valence-corrected chi connectivity index (χ3v) is 3.83. The number of H-pyrrole nitrogens is 2. The molecule has 0 aromatic carbocycles. The number of hydrogen-bond acceptors (Lipinski definition) is 3. The van der Waals surface area contributed by atoms with Gasteiger partial charge in [-0.2, -0.15) is 0 Å². The molecule has 1 aliphatic heterocycles. The van der Waals surface area contributed by atoms with Gasteiger partial charge in [0.05, 0.1) is 5.56 Å². The molecule has 1 aliphatic rings. The second-order valence-corrected chi connectivity index (χ2v) is 5.34. The van der Waals surface area contributed by atoms with Crippen LogP contribution < -0.4 is 5.56 Å². The van der Waals surface area contributed by atoms with Crippen LogP contribution in [0.1, 0.15) is 17.0 Å². The van der Waals surface area contributed by atoms with Crippen LogP contribution in [0.25, 0.3) is 0 Å². The van der Waals surface area contributed by atoms with Gasteiger partial charge in [0.25, 0.3) is 5.56 Å². The van der Waals surface area contributed by atoms with E-state index < -0.39 is 0 Å². The lowest BCUT2D eigenvalue weighted by Crippen LogP contribution is -2.35. The monoisotopic (exact) mass is 276 g/mol. The highest BCUT2D eigenvalue weighted by Crippen LogP contribution is 2.15. The van der Waals surface area contributed by atoms with Crippen molar-refractivity contribution in [3.63, 3.8) is 0 Å². The molecule has 3 heterocycles. The van der Waals surface area contributed by atoms with Crippen molar-refractivity contribution in [3.05, 3.63) is 50.4 Å². The maximum atomic E-state index is 11.9. The van der Waals surface area contributed by atoms with Crippen molar-refractivity contribution >= 4 is 12.2 Å². The van der Waals surface area contributed by atoms with E-state index in [1.807, 2.05) is 19.3 Å². The number of nitrogens with one attached hydrogen (secondary N) is 2. The summed E-state index contributed by atoms with van der Waals surface area (Å²) in [6, 6.07) is 4.15. The minimum absolute atomic E-state index is 0.0599. The predicted molar refractivity (Wildman–Crippen MR) is 75.5 cm³/mol. The highest BCUT2D eigenvalue weighted by Gasteiger charge is 2.20. The fourth-order valence-corrected chi connectivity index (χ4v) is 2.75. The molecule has 6 heteroatoms. The zero-order valence-electron chi connectivity index (χ0n) is 10.8. The molecule has 0 atom stereocenters. The summed E-state index contributed by atoms with van der Waals surface area (Å²) < 4.78 is 2.53. The third kappa shape index (κ3) is 2.41. The van der Waals surface area contributed by atoms with Crippen molar-refractivity contribution in [1.82, 2.24) is 19.4 Å². The molecule has 19 heavy (non-hydrogen) atoms. The van der Waals surface area contributed by atoms with Crippen molar-refractivity contribution in [2.24, 2.45) is 7.05 Å². The van der Waals surface area contributed by atoms with E-state index >= 15 is 0 Å². The summed E-state index contributed by atoms with van der Waals surface area (Å²) in [6.07, 6.45) is 2.88. The summed E-state index contributed by atoms with van der Waals surface area (Å²) in [5.74, 6) is 0. The average Bonchev–Trinajstić information content (AvgIpc) is 2.76. The fraction of sp³-hybridized carbons (Fsp3) is 0.385. The summed E-state index contributed by atoms with van der Waals surface area (Å²) >= 11 is 5.00. The van der Waals surface area contributed by atoms with Crippen molar-refractivity contribution in [2.45, 2.75) is 19.5 Å². The maximum Gasteiger partial charge on any atom is 0.256 e. The molecule has 5 nitrogen and oxygen atoms in total. The Morgan fingerprint density at radius 2 is 2.26 bits per heavy atom. The Bertz CT molecular complexity index is 712. The zero-order valence-corrected chi connectivity index (χ0v) is 11.6.